The minimum atomic E-state index is 0.105. The molecule has 0 aliphatic carbocycles. The smallest absolute Gasteiger partial charge is 0.0358 e. The topological polar surface area (TPSA) is 4.93 Å². The van der Waals surface area contributed by atoms with Crippen molar-refractivity contribution in [1.82, 2.24) is 4.57 Å². The van der Waals surface area contributed by atoms with E-state index < -0.39 is 0 Å². The molecule has 0 saturated heterocycles. The Hall–Kier alpha value is -1.50. The second-order valence-corrected chi connectivity index (χ2v) is 11.7. The maximum absolute atomic E-state index is 2.58. The van der Waals surface area contributed by atoms with Crippen LogP contribution in [0.3, 0.4) is 0 Å². The van der Waals surface area contributed by atoms with Gasteiger partial charge in [0.1, 0.15) is 0 Å². The minimum Gasteiger partial charge on any atom is -0.345 e. The van der Waals surface area contributed by atoms with Crippen molar-refractivity contribution >= 4 is 0 Å². The SMILES string of the molecule is CCCCCCCCCCc1cn(C(C)(C)C)c(Cc2ccccc2)c1CC(C)(C)C. The normalized spacial score (nSPS) is 12.5. The Kier molecular flexibility index (Phi) is 9.91. The maximum atomic E-state index is 2.58. The van der Waals surface area contributed by atoms with E-state index in [0.29, 0.717) is 5.41 Å². The monoisotopic (exact) mass is 423 g/mol. The molecular formula is C30H49N. The average molecular weight is 424 g/mol. The summed E-state index contributed by atoms with van der Waals surface area (Å²) in [6, 6.07) is 11.0. The quantitative estimate of drug-likeness (QED) is 0.300. The summed E-state index contributed by atoms with van der Waals surface area (Å²) in [6.45, 7) is 16.5. The van der Waals surface area contributed by atoms with Crippen LogP contribution in [0.4, 0.5) is 0 Å². The molecule has 1 heteroatoms. The first kappa shape index (κ1) is 25.8. The summed E-state index contributed by atoms with van der Waals surface area (Å²) >= 11 is 0. The van der Waals surface area contributed by atoms with Crippen LogP contribution >= 0.6 is 0 Å². The molecule has 0 radical (unpaired) electrons. The Morgan fingerprint density at radius 1 is 0.742 bits per heavy atom. The Morgan fingerprint density at radius 3 is 1.87 bits per heavy atom. The van der Waals surface area contributed by atoms with Crippen LogP contribution in [0, 0.1) is 5.41 Å². The van der Waals surface area contributed by atoms with Crippen LogP contribution < -0.4 is 0 Å². The number of hydrogen-bond acceptors (Lipinski definition) is 0. The molecule has 0 spiro atoms. The maximum Gasteiger partial charge on any atom is 0.0358 e. The first-order chi connectivity index (χ1) is 14.6. The van der Waals surface area contributed by atoms with Gasteiger partial charge in [0.2, 0.25) is 0 Å². The van der Waals surface area contributed by atoms with Gasteiger partial charge in [0.15, 0.2) is 0 Å². The van der Waals surface area contributed by atoms with Gasteiger partial charge in [-0.25, -0.2) is 0 Å². The molecule has 0 N–H and O–H groups in total. The van der Waals surface area contributed by atoms with E-state index in [0.717, 1.165) is 12.8 Å². The highest BCUT2D eigenvalue weighted by Gasteiger charge is 2.25. The summed E-state index contributed by atoms with van der Waals surface area (Å²) in [5, 5.41) is 0. The molecule has 1 nitrogen and oxygen atoms in total. The van der Waals surface area contributed by atoms with Gasteiger partial charge in [-0.2, -0.15) is 0 Å². The van der Waals surface area contributed by atoms with Crippen LogP contribution in [0.5, 0.6) is 0 Å². The summed E-state index contributed by atoms with van der Waals surface area (Å²) in [7, 11) is 0. The van der Waals surface area contributed by atoms with E-state index in [9.17, 15) is 0 Å². The molecule has 0 fully saturated rings. The van der Waals surface area contributed by atoms with Crippen molar-refractivity contribution in [3.05, 3.63) is 58.9 Å². The third-order valence-electron chi connectivity index (χ3n) is 6.26. The summed E-state index contributed by atoms with van der Waals surface area (Å²) < 4.78 is 2.58. The molecule has 2 aromatic rings. The molecule has 0 saturated carbocycles. The Labute approximate surface area is 193 Å². The second-order valence-electron chi connectivity index (χ2n) is 11.7. The van der Waals surface area contributed by atoms with Crippen LogP contribution in [0.25, 0.3) is 0 Å². The highest BCUT2D eigenvalue weighted by Crippen LogP contribution is 2.33. The predicted octanol–water partition coefficient (Wildman–Crippen LogP) is 9.11. The molecule has 174 valence electrons. The Bertz CT molecular complexity index is 752. The first-order valence-corrected chi connectivity index (χ1v) is 12.9. The van der Waals surface area contributed by atoms with Crippen LogP contribution in [-0.2, 0) is 24.8 Å². The van der Waals surface area contributed by atoms with E-state index in [1.807, 2.05) is 0 Å². The summed E-state index contributed by atoms with van der Waals surface area (Å²) in [6.07, 6.45) is 17.0. The van der Waals surface area contributed by atoms with Crippen molar-refractivity contribution in [1.29, 1.82) is 0 Å². The number of unbranched alkanes of at least 4 members (excludes halogenated alkanes) is 7. The van der Waals surface area contributed by atoms with E-state index in [1.54, 1.807) is 11.1 Å². The molecular weight excluding hydrogens is 374 g/mol. The molecule has 0 unspecified atom stereocenters. The third kappa shape index (κ3) is 8.87. The van der Waals surface area contributed by atoms with E-state index >= 15 is 0 Å². The molecule has 0 aliphatic heterocycles. The molecule has 1 aromatic carbocycles. The number of nitrogens with zero attached hydrogens (tertiary/aromatic N) is 1. The Balaban J connectivity index is 2.19. The van der Waals surface area contributed by atoms with Gasteiger partial charge in [-0.15, -0.1) is 0 Å². The average Bonchev–Trinajstić information content (AvgIpc) is 3.01. The molecule has 1 aromatic heterocycles. The van der Waals surface area contributed by atoms with Crippen LogP contribution in [-0.4, -0.2) is 4.57 Å². The lowest BCUT2D eigenvalue weighted by Crippen LogP contribution is -2.24. The van der Waals surface area contributed by atoms with Gasteiger partial charge in [-0.1, -0.05) is 103 Å². The number of benzene rings is 1. The van der Waals surface area contributed by atoms with Crippen molar-refractivity contribution in [2.45, 2.75) is 125 Å². The summed E-state index contributed by atoms with van der Waals surface area (Å²) in [5.41, 5.74) is 6.57. The minimum absolute atomic E-state index is 0.105. The summed E-state index contributed by atoms with van der Waals surface area (Å²) in [5.74, 6) is 0. The summed E-state index contributed by atoms with van der Waals surface area (Å²) in [4.78, 5) is 0. The molecule has 0 atom stereocenters. The van der Waals surface area contributed by atoms with Gasteiger partial charge in [0.25, 0.3) is 0 Å². The van der Waals surface area contributed by atoms with Crippen molar-refractivity contribution in [3.8, 4) is 0 Å². The number of rotatable bonds is 12. The molecule has 0 bridgehead atoms. The lowest BCUT2D eigenvalue weighted by atomic mass is 9.85. The van der Waals surface area contributed by atoms with E-state index in [2.05, 4.69) is 89.6 Å². The number of aromatic nitrogens is 1. The largest absolute Gasteiger partial charge is 0.345 e. The zero-order chi connectivity index (χ0) is 22.9. The molecule has 1 heterocycles. The highest BCUT2D eigenvalue weighted by atomic mass is 15.0. The molecule has 2 rings (SSSR count). The molecule has 0 amide bonds. The van der Waals surface area contributed by atoms with Crippen LogP contribution in [0.2, 0.25) is 0 Å². The van der Waals surface area contributed by atoms with Crippen molar-refractivity contribution < 1.29 is 0 Å². The van der Waals surface area contributed by atoms with Crippen LogP contribution in [0.15, 0.2) is 36.5 Å². The third-order valence-corrected chi connectivity index (χ3v) is 6.26. The van der Waals surface area contributed by atoms with Gasteiger partial charge in [-0.3, -0.25) is 0 Å². The molecule has 0 aliphatic rings. The lowest BCUT2D eigenvalue weighted by Gasteiger charge is -2.26. The zero-order valence-electron chi connectivity index (χ0n) is 21.7. The number of hydrogen-bond donors (Lipinski definition) is 0. The standard InChI is InChI=1S/C30H49N/c1-8-9-10-11-12-13-14-18-21-26-24-31(30(5,6)7)28(27(26)23-29(2,3)4)22-25-19-16-15-17-20-25/h15-17,19-20,24H,8-14,18,21-23H2,1-7H3. The van der Waals surface area contributed by atoms with Gasteiger partial charge in [0.05, 0.1) is 0 Å². The van der Waals surface area contributed by atoms with Gasteiger partial charge in [-0.05, 0) is 62.1 Å². The van der Waals surface area contributed by atoms with Crippen molar-refractivity contribution in [2.24, 2.45) is 5.41 Å². The lowest BCUT2D eigenvalue weighted by molar-refractivity contribution is 0.380. The number of aryl methyl sites for hydroxylation is 1. The predicted molar refractivity (Wildman–Crippen MR) is 138 cm³/mol. The first-order valence-electron chi connectivity index (χ1n) is 12.9. The fourth-order valence-electron chi connectivity index (χ4n) is 4.63. The van der Waals surface area contributed by atoms with Gasteiger partial charge >= 0.3 is 0 Å². The van der Waals surface area contributed by atoms with Crippen LogP contribution in [0.1, 0.15) is 122 Å². The van der Waals surface area contributed by atoms with Crippen molar-refractivity contribution in [3.63, 3.8) is 0 Å². The fraction of sp³-hybridized carbons (Fsp3) is 0.667. The van der Waals surface area contributed by atoms with E-state index in [-0.39, 0.29) is 5.54 Å². The second kappa shape index (κ2) is 11.9. The van der Waals surface area contributed by atoms with Gasteiger partial charge in [0, 0.05) is 23.9 Å². The molecule has 31 heavy (non-hydrogen) atoms. The zero-order valence-corrected chi connectivity index (χ0v) is 21.7. The van der Waals surface area contributed by atoms with E-state index in [4.69, 9.17) is 0 Å². The highest BCUT2D eigenvalue weighted by molar-refractivity contribution is 5.38. The van der Waals surface area contributed by atoms with Gasteiger partial charge < -0.3 is 4.57 Å². The van der Waals surface area contributed by atoms with Crippen molar-refractivity contribution in [2.75, 3.05) is 0 Å². The van der Waals surface area contributed by atoms with E-state index in [1.165, 1.54) is 69.0 Å². The Morgan fingerprint density at radius 2 is 1.32 bits per heavy atom. The fourth-order valence-corrected chi connectivity index (χ4v) is 4.63.